The monoisotopic (exact) mass is 425 g/mol. The summed E-state index contributed by atoms with van der Waals surface area (Å²) in [5, 5.41) is 2.96. The van der Waals surface area contributed by atoms with Gasteiger partial charge in [0.1, 0.15) is 23.7 Å². The quantitative estimate of drug-likeness (QED) is 0.430. The first kappa shape index (κ1) is 19.8. The number of carbonyl (C=O) groups excluding carboxylic acids is 1. The molecule has 32 heavy (non-hydrogen) atoms. The maximum absolute atomic E-state index is 12.6. The number of fused-ring (bicyclic) bond motifs is 2. The molecule has 1 amide bonds. The fraction of sp³-hybridized carbons (Fsp3) is 0.160. The zero-order valence-corrected chi connectivity index (χ0v) is 17.7. The summed E-state index contributed by atoms with van der Waals surface area (Å²) in [6, 6.07) is 17.1. The van der Waals surface area contributed by atoms with Gasteiger partial charge in [-0.05, 0) is 48.9 Å². The summed E-state index contributed by atoms with van der Waals surface area (Å²) >= 11 is 0. The third-order valence-electron chi connectivity index (χ3n) is 5.21. The van der Waals surface area contributed by atoms with Crippen LogP contribution in [0, 0.1) is 6.92 Å². The number of nitrogens with one attached hydrogen (secondary N) is 1. The first-order valence-corrected chi connectivity index (χ1v) is 10.5. The fourth-order valence-corrected chi connectivity index (χ4v) is 3.62. The summed E-state index contributed by atoms with van der Waals surface area (Å²) in [5.74, 6) is 0.494. The summed E-state index contributed by atoms with van der Waals surface area (Å²) in [7, 11) is 0. The van der Waals surface area contributed by atoms with Gasteiger partial charge in [-0.25, -0.2) is 9.97 Å². The Balaban J connectivity index is 1.17. The van der Waals surface area contributed by atoms with Crippen LogP contribution in [0.25, 0.3) is 11.3 Å². The van der Waals surface area contributed by atoms with E-state index in [1.54, 1.807) is 12.1 Å². The number of aromatic nitrogens is 4. The number of benzene rings is 1. The molecule has 0 spiro atoms. The minimum atomic E-state index is -0.137. The van der Waals surface area contributed by atoms with Gasteiger partial charge in [0.2, 0.25) is 0 Å². The van der Waals surface area contributed by atoms with Gasteiger partial charge in [-0.1, -0.05) is 18.2 Å². The van der Waals surface area contributed by atoms with Gasteiger partial charge in [-0.3, -0.25) is 4.79 Å². The highest BCUT2D eigenvalue weighted by atomic mass is 16.5. The average Bonchev–Trinajstić information content (AvgIpc) is 3.40. The highest BCUT2D eigenvalue weighted by Crippen LogP contribution is 2.16. The molecule has 7 nitrogen and oxygen atoms in total. The van der Waals surface area contributed by atoms with E-state index in [0.29, 0.717) is 30.9 Å². The summed E-state index contributed by atoms with van der Waals surface area (Å²) in [6.45, 7) is 2.89. The molecule has 1 aromatic carbocycles. The minimum absolute atomic E-state index is 0.137. The topological polar surface area (TPSA) is 72.9 Å². The summed E-state index contributed by atoms with van der Waals surface area (Å²) < 4.78 is 9.84. The summed E-state index contributed by atoms with van der Waals surface area (Å²) in [6.07, 6.45) is 8.60. The molecule has 0 bridgehead atoms. The summed E-state index contributed by atoms with van der Waals surface area (Å²) in [5.41, 5.74) is 5.28. The molecule has 0 aliphatic rings. The third kappa shape index (κ3) is 4.32. The SMILES string of the molecule is Cc1ccc2nc(COc3cccc(C(=O)NCCc4cn5ccccc5n4)c3)cn2c1. The van der Waals surface area contributed by atoms with Crippen LogP contribution < -0.4 is 10.1 Å². The van der Waals surface area contributed by atoms with Gasteiger partial charge >= 0.3 is 0 Å². The second-order valence-electron chi connectivity index (χ2n) is 7.72. The Kier molecular flexibility index (Phi) is 5.29. The third-order valence-corrected chi connectivity index (χ3v) is 5.21. The van der Waals surface area contributed by atoms with Crippen LogP contribution in [0.2, 0.25) is 0 Å². The predicted octanol–water partition coefficient (Wildman–Crippen LogP) is 3.84. The maximum Gasteiger partial charge on any atom is 0.251 e. The predicted molar refractivity (Wildman–Crippen MR) is 122 cm³/mol. The van der Waals surface area contributed by atoms with Gasteiger partial charge in [0.05, 0.1) is 11.4 Å². The Hall–Kier alpha value is -4.13. The molecule has 0 atom stereocenters. The molecule has 0 aliphatic heterocycles. The molecule has 1 N–H and O–H groups in total. The Morgan fingerprint density at radius 2 is 1.78 bits per heavy atom. The van der Waals surface area contributed by atoms with Crippen molar-refractivity contribution in [2.75, 3.05) is 6.54 Å². The van der Waals surface area contributed by atoms with E-state index in [2.05, 4.69) is 15.3 Å². The van der Waals surface area contributed by atoms with Crippen LogP contribution in [-0.4, -0.2) is 31.2 Å². The van der Waals surface area contributed by atoms with E-state index < -0.39 is 0 Å². The molecule has 0 radical (unpaired) electrons. The molecule has 0 saturated heterocycles. The highest BCUT2D eigenvalue weighted by Gasteiger charge is 2.09. The average molecular weight is 425 g/mol. The van der Waals surface area contributed by atoms with E-state index in [9.17, 15) is 4.79 Å². The number of amides is 1. The lowest BCUT2D eigenvalue weighted by Crippen LogP contribution is -2.25. The second-order valence-corrected chi connectivity index (χ2v) is 7.72. The number of carbonyl (C=O) groups is 1. The smallest absolute Gasteiger partial charge is 0.251 e. The van der Waals surface area contributed by atoms with Gasteiger partial charge in [0, 0.05) is 43.3 Å². The zero-order valence-electron chi connectivity index (χ0n) is 17.7. The number of nitrogens with zero attached hydrogens (tertiary/aromatic N) is 4. The van der Waals surface area contributed by atoms with E-state index in [0.717, 1.165) is 22.7 Å². The van der Waals surface area contributed by atoms with Crippen LogP contribution >= 0.6 is 0 Å². The number of pyridine rings is 2. The molecule has 0 saturated carbocycles. The maximum atomic E-state index is 12.6. The molecule has 0 unspecified atom stereocenters. The fourth-order valence-electron chi connectivity index (χ4n) is 3.62. The van der Waals surface area contributed by atoms with Gasteiger partial charge in [-0.15, -0.1) is 0 Å². The van der Waals surface area contributed by atoms with E-state index in [-0.39, 0.29) is 5.91 Å². The van der Waals surface area contributed by atoms with Crippen LogP contribution in [0.15, 0.2) is 79.4 Å². The molecule has 4 aromatic heterocycles. The van der Waals surface area contributed by atoms with Crippen LogP contribution in [0.3, 0.4) is 0 Å². The number of imidazole rings is 2. The van der Waals surface area contributed by atoms with Crippen molar-refractivity contribution < 1.29 is 9.53 Å². The number of hydrogen-bond acceptors (Lipinski definition) is 4. The molecule has 160 valence electrons. The van der Waals surface area contributed by atoms with Crippen molar-refractivity contribution >= 4 is 17.2 Å². The standard InChI is InChI=1S/C25H23N5O2/c1-18-8-9-24-28-21(16-30(24)14-18)17-32-22-6-4-5-19(13-22)25(31)26-11-10-20-15-29-12-3-2-7-23(29)27-20/h2-9,12-16H,10-11,17H2,1H3,(H,26,31). The van der Waals surface area contributed by atoms with Gasteiger partial charge in [0.15, 0.2) is 0 Å². The highest BCUT2D eigenvalue weighted by molar-refractivity contribution is 5.94. The lowest BCUT2D eigenvalue weighted by atomic mass is 10.2. The van der Waals surface area contributed by atoms with Gasteiger partial charge in [0.25, 0.3) is 5.91 Å². The second kappa shape index (κ2) is 8.55. The van der Waals surface area contributed by atoms with Crippen molar-refractivity contribution in [1.82, 2.24) is 24.1 Å². The van der Waals surface area contributed by atoms with Crippen molar-refractivity contribution in [2.45, 2.75) is 20.0 Å². The number of ether oxygens (including phenoxy) is 1. The van der Waals surface area contributed by atoms with Crippen molar-refractivity contribution in [2.24, 2.45) is 0 Å². The number of aryl methyl sites for hydroxylation is 1. The van der Waals surface area contributed by atoms with Crippen LogP contribution in [0.4, 0.5) is 0 Å². The van der Waals surface area contributed by atoms with E-state index in [1.807, 2.05) is 83.0 Å². The first-order chi connectivity index (χ1) is 15.6. The van der Waals surface area contributed by atoms with Gasteiger partial charge in [-0.2, -0.15) is 0 Å². The zero-order chi connectivity index (χ0) is 21.9. The summed E-state index contributed by atoms with van der Waals surface area (Å²) in [4.78, 5) is 21.7. The molecule has 5 aromatic rings. The normalized spacial score (nSPS) is 11.2. The molecular formula is C25H23N5O2. The van der Waals surface area contributed by atoms with Crippen molar-refractivity contribution in [3.63, 3.8) is 0 Å². The van der Waals surface area contributed by atoms with E-state index in [1.165, 1.54) is 5.56 Å². The van der Waals surface area contributed by atoms with Crippen molar-refractivity contribution in [1.29, 1.82) is 0 Å². The number of hydrogen-bond donors (Lipinski definition) is 1. The van der Waals surface area contributed by atoms with Crippen LogP contribution in [-0.2, 0) is 13.0 Å². The molecule has 7 heteroatoms. The molecule has 0 fully saturated rings. The lowest BCUT2D eigenvalue weighted by Gasteiger charge is -2.07. The lowest BCUT2D eigenvalue weighted by molar-refractivity contribution is 0.0953. The Morgan fingerprint density at radius 3 is 2.69 bits per heavy atom. The van der Waals surface area contributed by atoms with Crippen LogP contribution in [0.1, 0.15) is 27.3 Å². The molecular weight excluding hydrogens is 402 g/mol. The number of rotatable bonds is 7. The first-order valence-electron chi connectivity index (χ1n) is 10.5. The molecule has 5 rings (SSSR count). The minimum Gasteiger partial charge on any atom is -0.487 e. The largest absolute Gasteiger partial charge is 0.487 e. The van der Waals surface area contributed by atoms with Crippen LogP contribution in [0.5, 0.6) is 5.75 Å². The Morgan fingerprint density at radius 1 is 0.938 bits per heavy atom. The molecule has 4 heterocycles. The van der Waals surface area contributed by atoms with Crippen molar-refractivity contribution in [3.05, 3.63) is 102 Å². The van der Waals surface area contributed by atoms with E-state index >= 15 is 0 Å². The Labute approximate surface area is 185 Å². The molecule has 0 aliphatic carbocycles. The van der Waals surface area contributed by atoms with Crippen molar-refractivity contribution in [3.8, 4) is 5.75 Å². The van der Waals surface area contributed by atoms with Gasteiger partial charge < -0.3 is 18.9 Å². The van der Waals surface area contributed by atoms with E-state index in [4.69, 9.17) is 4.74 Å². The Bertz CT molecular complexity index is 1370.